The summed E-state index contributed by atoms with van der Waals surface area (Å²) in [7, 11) is 0. The fourth-order valence-electron chi connectivity index (χ4n) is 1.54. The number of nitrogens with one attached hydrogen (secondary N) is 1. The van der Waals surface area contributed by atoms with Crippen LogP contribution in [0.4, 0.5) is 4.39 Å². The van der Waals surface area contributed by atoms with E-state index >= 15 is 0 Å². The predicted molar refractivity (Wildman–Crippen MR) is 73.3 cm³/mol. The molecule has 3 heteroatoms. The van der Waals surface area contributed by atoms with Gasteiger partial charge >= 0.3 is 0 Å². The normalized spacial score (nSPS) is 11.3. The molecule has 0 heterocycles. The van der Waals surface area contributed by atoms with Gasteiger partial charge in [-0.1, -0.05) is 27.7 Å². The zero-order chi connectivity index (χ0) is 13.5. The smallest absolute Gasteiger partial charge is 0.127 e. The maximum atomic E-state index is 13.4. The van der Waals surface area contributed by atoms with E-state index in [1.165, 1.54) is 6.07 Å². The second kappa shape index (κ2) is 7.37. The Morgan fingerprint density at radius 1 is 1.17 bits per heavy atom. The van der Waals surface area contributed by atoms with Gasteiger partial charge < -0.3 is 10.1 Å². The van der Waals surface area contributed by atoms with Gasteiger partial charge in [0.1, 0.15) is 11.6 Å². The highest BCUT2D eigenvalue weighted by molar-refractivity contribution is 5.29. The molecule has 0 unspecified atom stereocenters. The highest BCUT2D eigenvalue weighted by Gasteiger charge is 2.03. The minimum Gasteiger partial charge on any atom is -0.493 e. The number of hydrogen-bond acceptors (Lipinski definition) is 2. The molecule has 0 spiro atoms. The molecule has 1 rings (SSSR count). The Labute approximate surface area is 110 Å². The Morgan fingerprint density at radius 3 is 2.50 bits per heavy atom. The molecule has 18 heavy (non-hydrogen) atoms. The Morgan fingerprint density at radius 2 is 1.89 bits per heavy atom. The molecule has 2 nitrogen and oxygen atoms in total. The molecule has 1 aromatic rings. The van der Waals surface area contributed by atoms with Gasteiger partial charge in [-0.05, 0) is 30.0 Å². The molecule has 0 saturated carbocycles. The third kappa shape index (κ3) is 6.01. The first-order chi connectivity index (χ1) is 8.47. The summed E-state index contributed by atoms with van der Waals surface area (Å²) in [6.45, 7) is 9.73. The third-order valence-corrected chi connectivity index (χ3v) is 2.61. The fraction of sp³-hybridized carbons (Fsp3) is 0.600. The summed E-state index contributed by atoms with van der Waals surface area (Å²) in [5.74, 6) is 0.981. The van der Waals surface area contributed by atoms with Gasteiger partial charge in [0.05, 0.1) is 6.61 Å². The van der Waals surface area contributed by atoms with Crippen molar-refractivity contribution >= 4 is 0 Å². The van der Waals surface area contributed by atoms with Crippen LogP contribution < -0.4 is 10.1 Å². The zero-order valence-electron chi connectivity index (χ0n) is 11.8. The van der Waals surface area contributed by atoms with E-state index < -0.39 is 0 Å². The summed E-state index contributed by atoms with van der Waals surface area (Å²) >= 11 is 0. The number of rotatable bonds is 7. The Balaban J connectivity index is 2.57. The highest BCUT2D eigenvalue weighted by Crippen LogP contribution is 2.17. The van der Waals surface area contributed by atoms with Crippen molar-refractivity contribution < 1.29 is 9.13 Å². The van der Waals surface area contributed by atoms with Crippen LogP contribution in [0, 0.1) is 11.7 Å². The van der Waals surface area contributed by atoms with Crippen molar-refractivity contribution in [3.8, 4) is 5.75 Å². The molecule has 0 bridgehead atoms. The van der Waals surface area contributed by atoms with E-state index in [1.54, 1.807) is 6.07 Å². The molecule has 0 aliphatic rings. The van der Waals surface area contributed by atoms with Gasteiger partial charge in [0.25, 0.3) is 0 Å². The lowest BCUT2D eigenvalue weighted by atomic mass is 10.1. The van der Waals surface area contributed by atoms with Crippen LogP contribution in [-0.2, 0) is 6.54 Å². The second-order valence-electron chi connectivity index (χ2n) is 5.36. The van der Waals surface area contributed by atoms with Crippen LogP contribution in [0.2, 0.25) is 0 Å². The molecule has 0 atom stereocenters. The van der Waals surface area contributed by atoms with E-state index in [0.29, 0.717) is 30.9 Å². The lowest BCUT2D eigenvalue weighted by Crippen LogP contribution is -2.21. The van der Waals surface area contributed by atoms with Crippen molar-refractivity contribution in [3.63, 3.8) is 0 Å². The van der Waals surface area contributed by atoms with E-state index in [0.717, 1.165) is 12.0 Å². The minimum atomic E-state index is -0.238. The van der Waals surface area contributed by atoms with E-state index in [2.05, 4.69) is 33.0 Å². The first-order valence-electron chi connectivity index (χ1n) is 6.63. The SMILES string of the molecule is CC(C)CCOc1cc(F)cc(CNC(C)C)c1. The maximum Gasteiger partial charge on any atom is 0.127 e. The van der Waals surface area contributed by atoms with Gasteiger partial charge in [-0.25, -0.2) is 4.39 Å². The summed E-state index contributed by atoms with van der Waals surface area (Å²) in [6, 6.07) is 5.28. The fourth-order valence-corrected chi connectivity index (χ4v) is 1.54. The highest BCUT2D eigenvalue weighted by atomic mass is 19.1. The van der Waals surface area contributed by atoms with E-state index in [9.17, 15) is 4.39 Å². The van der Waals surface area contributed by atoms with Crippen LogP contribution in [0.1, 0.15) is 39.7 Å². The van der Waals surface area contributed by atoms with Crippen molar-refractivity contribution in [2.24, 2.45) is 5.92 Å². The molecule has 102 valence electrons. The maximum absolute atomic E-state index is 13.4. The molecule has 0 fully saturated rings. The minimum absolute atomic E-state index is 0.238. The van der Waals surface area contributed by atoms with Gasteiger partial charge in [-0.3, -0.25) is 0 Å². The number of ether oxygens (including phenoxy) is 1. The standard InChI is InChI=1S/C15H24FNO/c1-11(2)5-6-18-15-8-13(7-14(16)9-15)10-17-12(3)4/h7-9,11-12,17H,5-6,10H2,1-4H3. The van der Waals surface area contributed by atoms with Crippen molar-refractivity contribution in [3.05, 3.63) is 29.6 Å². The van der Waals surface area contributed by atoms with Crippen LogP contribution in [0.15, 0.2) is 18.2 Å². The molecule has 0 amide bonds. The summed E-state index contributed by atoms with van der Waals surface area (Å²) in [4.78, 5) is 0. The van der Waals surface area contributed by atoms with Gasteiger partial charge in [-0.2, -0.15) is 0 Å². The first kappa shape index (κ1) is 15.0. The molecule has 0 aliphatic heterocycles. The lowest BCUT2D eigenvalue weighted by Gasteiger charge is -2.11. The van der Waals surface area contributed by atoms with Crippen molar-refractivity contribution in [1.29, 1.82) is 0 Å². The Hall–Kier alpha value is -1.09. The first-order valence-corrected chi connectivity index (χ1v) is 6.63. The zero-order valence-corrected chi connectivity index (χ0v) is 11.8. The van der Waals surface area contributed by atoms with E-state index in [-0.39, 0.29) is 5.82 Å². The monoisotopic (exact) mass is 253 g/mol. The van der Waals surface area contributed by atoms with Crippen LogP contribution >= 0.6 is 0 Å². The largest absolute Gasteiger partial charge is 0.493 e. The van der Waals surface area contributed by atoms with Gasteiger partial charge in [0.2, 0.25) is 0 Å². The van der Waals surface area contributed by atoms with Crippen LogP contribution in [0.25, 0.3) is 0 Å². The van der Waals surface area contributed by atoms with Crippen molar-refractivity contribution in [2.75, 3.05) is 6.61 Å². The summed E-state index contributed by atoms with van der Waals surface area (Å²) in [6.07, 6.45) is 0.982. The number of hydrogen-bond donors (Lipinski definition) is 1. The molecule has 0 aromatic heterocycles. The quantitative estimate of drug-likeness (QED) is 0.799. The molecule has 0 radical (unpaired) electrons. The molecule has 1 aromatic carbocycles. The molecule has 0 saturated heterocycles. The average Bonchev–Trinajstić information content (AvgIpc) is 2.25. The Kier molecular flexibility index (Phi) is 6.13. The summed E-state index contributed by atoms with van der Waals surface area (Å²) in [5.41, 5.74) is 0.920. The number of halogens is 1. The van der Waals surface area contributed by atoms with Crippen LogP contribution in [0.5, 0.6) is 5.75 Å². The molecular formula is C15H24FNO. The van der Waals surface area contributed by atoms with Crippen LogP contribution in [-0.4, -0.2) is 12.6 Å². The average molecular weight is 253 g/mol. The van der Waals surface area contributed by atoms with Crippen molar-refractivity contribution in [2.45, 2.75) is 46.7 Å². The van der Waals surface area contributed by atoms with E-state index in [1.807, 2.05) is 6.07 Å². The Bertz CT molecular complexity index is 364. The van der Waals surface area contributed by atoms with E-state index in [4.69, 9.17) is 4.74 Å². The molecule has 0 aliphatic carbocycles. The lowest BCUT2D eigenvalue weighted by molar-refractivity contribution is 0.288. The summed E-state index contributed by atoms with van der Waals surface area (Å²) < 4.78 is 19.0. The topological polar surface area (TPSA) is 21.3 Å². The van der Waals surface area contributed by atoms with Crippen molar-refractivity contribution in [1.82, 2.24) is 5.32 Å². The second-order valence-corrected chi connectivity index (χ2v) is 5.36. The van der Waals surface area contributed by atoms with Gasteiger partial charge in [0, 0.05) is 18.7 Å². The van der Waals surface area contributed by atoms with Gasteiger partial charge in [0.15, 0.2) is 0 Å². The van der Waals surface area contributed by atoms with Crippen LogP contribution in [0.3, 0.4) is 0 Å². The summed E-state index contributed by atoms with van der Waals surface area (Å²) in [5, 5.41) is 3.27. The molecular weight excluding hydrogens is 229 g/mol. The molecule has 1 N–H and O–H groups in total. The van der Waals surface area contributed by atoms with Gasteiger partial charge in [-0.15, -0.1) is 0 Å². The number of benzene rings is 1. The third-order valence-electron chi connectivity index (χ3n) is 2.61. The predicted octanol–water partition coefficient (Wildman–Crippen LogP) is 3.75.